The molecule has 0 saturated carbocycles. The molecule has 0 spiro atoms. The van der Waals surface area contributed by atoms with Crippen molar-refractivity contribution in [3.63, 3.8) is 0 Å². The van der Waals surface area contributed by atoms with Gasteiger partial charge in [-0.05, 0) is 31.7 Å². The number of aryl methyl sites for hydroxylation is 2. The fraction of sp³-hybridized carbons (Fsp3) is 0.500. The number of carbonyl (C=O) groups excluding carboxylic acids is 1. The molecule has 1 atom stereocenters. The van der Waals surface area contributed by atoms with Gasteiger partial charge in [-0.25, -0.2) is 0 Å². The highest BCUT2D eigenvalue weighted by atomic mass is 32.1. The number of pyridine rings is 1. The first-order valence-corrected chi connectivity index (χ1v) is 8.18. The Kier molecular flexibility index (Phi) is 3.61. The van der Waals surface area contributed by atoms with Crippen LogP contribution in [0.15, 0.2) is 17.1 Å². The Labute approximate surface area is 128 Å². The SMILES string of the molecule is Cc1sc2ccn(C)c(=O)c2c1C(=O)N1CCC[C@@H](C)C1. The lowest BCUT2D eigenvalue weighted by atomic mass is 9.99. The standard InChI is InChI=1S/C16H20N2O2S/c1-10-5-4-7-18(9-10)16(20)13-11(2)21-12-6-8-17(3)15(19)14(12)13/h6,8,10H,4-5,7,9H2,1-3H3/t10-/m1/s1. The highest BCUT2D eigenvalue weighted by molar-refractivity contribution is 7.19. The van der Waals surface area contributed by atoms with Crippen molar-refractivity contribution in [1.82, 2.24) is 9.47 Å². The lowest BCUT2D eigenvalue weighted by Gasteiger charge is -2.31. The van der Waals surface area contributed by atoms with Gasteiger partial charge in [0.15, 0.2) is 0 Å². The van der Waals surface area contributed by atoms with Gasteiger partial charge in [-0.3, -0.25) is 9.59 Å². The van der Waals surface area contributed by atoms with Gasteiger partial charge in [0.2, 0.25) is 0 Å². The van der Waals surface area contributed by atoms with Gasteiger partial charge in [-0.2, -0.15) is 0 Å². The summed E-state index contributed by atoms with van der Waals surface area (Å²) < 4.78 is 2.45. The van der Waals surface area contributed by atoms with E-state index in [-0.39, 0.29) is 11.5 Å². The van der Waals surface area contributed by atoms with Gasteiger partial charge >= 0.3 is 0 Å². The van der Waals surface area contributed by atoms with Crippen molar-refractivity contribution in [2.45, 2.75) is 26.7 Å². The predicted octanol–water partition coefficient (Wildman–Crippen LogP) is 2.78. The molecule has 1 aliphatic rings. The zero-order chi connectivity index (χ0) is 15.1. The van der Waals surface area contributed by atoms with Crippen LogP contribution >= 0.6 is 11.3 Å². The number of amides is 1. The third kappa shape index (κ3) is 2.39. The van der Waals surface area contributed by atoms with E-state index in [1.807, 2.05) is 17.9 Å². The maximum absolute atomic E-state index is 12.9. The Morgan fingerprint density at radius 3 is 2.90 bits per heavy atom. The summed E-state index contributed by atoms with van der Waals surface area (Å²) in [6, 6.07) is 1.92. The number of nitrogens with zero attached hydrogens (tertiary/aromatic N) is 2. The molecule has 112 valence electrons. The Balaban J connectivity index is 2.11. The van der Waals surface area contributed by atoms with Crippen LogP contribution < -0.4 is 5.56 Å². The first-order valence-electron chi connectivity index (χ1n) is 7.37. The van der Waals surface area contributed by atoms with Crippen molar-refractivity contribution in [2.75, 3.05) is 13.1 Å². The molecule has 0 unspecified atom stereocenters. The normalized spacial score (nSPS) is 19.2. The molecule has 3 heterocycles. The third-order valence-electron chi connectivity index (χ3n) is 4.25. The molecule has 0 aromatic carbocycles. The molecule has 3 rings (SSSR count). The predicted molar refractivity (Wildman–Crippen MR) is 86.1 cm³/mol. The third-order valence-corrected chi connectivity index (χ3v) is 5.32. The molecule has 1 fully saturated rings. The van der Waals surface area contributed by atoms with E-state index < -0.39 is 0 Å². The average Bonchev–Trinajstić information content (AvgIpc) is 2.79. The highest BCUT2D eigenvalue weighted by Gasteiger charge is 2.27. The lowest BCUT2D eigenvalue weighted by molar-refractivity contribution is 0.0685. The lowest BCUT2D eigenvalue weighted by Crippen LogP contribution is -2.39. The number of piperidine rings is 1. The van der Waals surface area contributed by atoms with Crippen molar-refractivity contribution in [3.8, 4) is 0 Å². The van der Waals surface area contributed by atoms with Crippen molar-refractivity contribution >= 4 is 27.3 Å². The number of hydrogen-bond acceptors (Lipinski definition) is 3. The van der Waals surface area contributed by atoms with Crippen LogP contribution in [0.1, 0.15) is 35.0 Å². The highest BCUT2D eigenvalue weighted by Crippen LogP contribution is 2.30. The van der Waals surface area contributed by atoms with E-state index in [4.69, 9.17) is 0 Å². The van der Waals surface area contributed by atoms with Gasteiger partial charge in [-0.1, -0.05) is 6.92 Å². The number of aromatic nitrogens is 1. The second kappa shape index (κ2) is 5.30. The molecular weight excluding hydrogens is 284 g/mol. The zero-order valence-electron chi connectivity index (χ0n) is 12.7. The van der Waals surface area contributed by atoms with Crippen LogP contribution in [-0.2, 0) is 7.05 Å². The molecule has 0 radical (unpaired) electrons. The fourth-order valence-corrected chi connectivity index (χ4v) is 4.15. The largest absolute Gasteiger partial charge is 0.338 e. The molecule has 5 heteroatoms. The van der Waals surface area contributed by atoms with Gasteiger partial charge in [0.05, 0.1) is 10.9 Å². The van der Waals surface area contributed by atoms with E-state index in [9.17, 15) is 9.59 Å². The van der Waals surface area contributed by atoms with Crippen molar-refractivity contribution in [2.24, 2.45) is 13.0 Å². The van der Waals surface area contributed by atoms with Gasteiger partial charge in [0.1, 0.15) is 0 Å². The molecule has 0 N–H and O–H groups in total. The van der Waals surface area contributed by atoms with Gasteiger partial charge in [0.25, 0.3) is 11.5 Å². The summed E-state index contributed by atoms with van der Waals surface area (Å²) in [5.74, 6) is 0.560. The summed E-state index contributed by atoms with van der Waals surface area (Å²) in [4.78, 5) is 28.2. The summed E-state index contributed by atoms with van der Waals surface area (Å²) in [6.07, 6.45) is 3.98. The minimum absolute atomic E-state index is 0.0219. The first kappa shape index (κ1) is 14.3. The molecule has 2 aromatic heterocycles. The molecule has 2 aromatic rings. The summed E-state index contributed by atoms with van der Waals surface area (Å²) in [5.41, 5.74) is 0.538. The van der Waals surface area contributed by atoms with E-state index in [0.29, 0.717) is 16.9 Å². The topological polar surface area (TPSA) is 42.3 Å². The second-order valence-corrected chi connectivity index (χ2v) is 7.26. The Bertz CT molecular complexity index is 759. The fourth-order valence-electron chi connectivity index (χ4n) is 3.11. The van der Waals surface area contributed by atoms with E-state index in [0.717, 1.165) is 29.1 Å². The minimum Gasteiger partial charge on any atom is -0.338 e. The average molecular weight is 304 g/mol. The second-order valence-electron chi connectivity index (χ2n) is 6.00. The number of rotatable bonds is 1. The maximum atomic E-state index is 12.9. The molecule has 0 bridgehead atoms. The number of hydrogen-bond donors (Lipinski definition) is 0. The molecule has 1 aliphatic heterocycles. The van der Waals surface area contributed by atoms with Crippen molar-refractivity contribution in [1.29, 1.82) is 0 Å². The summed E-state index contributed by atoms with van der Waals surface area (Å²) in [7, 11) is 1.73. The number of fused-ring (bicyclic) bond motifs is 1. The quantitative estimate of drug-likeness (QED) is 0.813. The Morgan fingerprint density at radius 2 is 2.19 bits per heavy atom. The van der Waals surface area contributed by atoms with Crippen LogP contribution in [-0.4, -0.2) is 28.5 Å². The first-order chi connectivity index (χ1) is 9.99. The number of likely N-dealkylation sites (tertiary alicyclic amines) is 1. The van der Waals surface area contributed by atoms with Crippen LogP contribution in [0.4, 0.5) is 0 Å². The molecule has 1 saturated heterocycles. The van der Waals surface area contributed by atoms with E-state index in [1.165, 1.54) is 17.8 Å². The molecule has 0 aliphatic carbocycles. The van der Waals surface area contributed by atoms with Gasteiger partial charge in [-0.15, -0.1) is 11.3 Å². The summed E-state index contributed by atoms with van der Waals surface area (Å²) >= 11 is 1.53. The number of carbonyl (C=O) groups is 1. The van der Waals surface area contributed by atoms with Crippen LogP contribution in [0, 0.1) is 12.8 Å². The van der Waals surface area contributed by atoms with Crippen molar-refractivity contribution < 1.29 is 4.79 Å². The molecule has 4 nitrogen and oxygen atoms in total. The van der Waals surface area contributed by atoms with E-state index >= 15 is 0 Å². The summed E-state index contributed by atoms with van der Waals surface area (Å²) in [5, 5.41) is 0.589. The maximum Gasteiger partial charge on any atom is 0.259 e. The Hall–Kier alpha value is -1.62. The van der Waals surface area contributed by atoms with Crippen LogP contribution in [0.2, 0.25) is 0 Å². The minimum atomic E-state index is -0.0785. The molecule has 1 amide bonds. The van der Waals surface area contributed by atoms with E-state index in [1.54, 1.807) is 17.8 Å². The van der Waals surface area contributed by atoms with Crippen LogP contribution in [0.3, 0.4) is 0 Å². The van der Waals surface area contributed by atoms with Crippen LogP contribution in [0.5, 0.6) is 0 Å². The van der Waals surface area contributed by atoms with Crippen LogP contribution in [0.25, 0.3) is 10.1 Å². The zero-order valence-corrected chi connectivity index (χ0v) is 13.5. The number of thiophene rings is 1. The van der Waals surface area contributed by atoms with Gasteiger partial charge in [0, 0.05) is 35.9 Å². The van der Waals surface area contributed by atoms with Gasteiger partial charge < -0.3 is 9.47 Å². The smallest absolute Gasteiger partial charge is 0.259 e. The monoisotopic (exact) mass is 304 g/mol. The molecular formula is C16H20N2O2S. The Morgan fingerprint density at radius 1 is 1.43 bits per heavy atom. The van der Waals surface area contributed by atoms with E-state index in [2.05, 4.69) is 6.92 Å². The molecule has 21 heavy (non-hydrogen) atoms. The van der Waals surface area contributed by atoms with Crippen molar-refractivity contribution in [3.05, 3.63) is 33.1 Å². The summed E-state index contributed by atoms with van der Waals surface area (Å²) in [6.45, 7) is 5.71.